The van der Waals surface area contributed by atoms with Crippen LogP contribution in [0.1, 0.15) is 63.5 Å². The van der Waals surface area contributed by atoms with Gasteiger partial charge in [-0.1, -0.05) is 64.1 Å². The van der Waals surface area contributed by atoms with Gasteiger partial charge >= 0.3 is 0 Å². The number of carbonyl (C=O) groups excluding carboxylic acids is 1. The van der Waals surface area contributed by atoms with Crippen molar-refractivity contribution in [3.05, 3.63) is 59.7 Å². The molecule has 6 heteroatoms. The zero-order valence-corrected chi connectivity index (χ0v) is 19.1. The maximum atomic E-state index is 13.1. The van der Waals surface area contributed by atoms with Gasteiger partial charge in [-0.25, -0.2) is 8.42 Å². The van der Waals surface area contributed by atoms with Crippen LogP contribution in [0.5, 0.6) is 0 Å². The third-order valence-electron chi connectivity index (χ3n) is 5.83. The molecule has 2 aromatic carbocycles. The van der Waals surface area contributed by atoms with Gasteiger partial charge in [-0.15, -0.1) is 0 Å². The molecule has 1 N–H and O–H groups in total. The first-order valence-electron chi connectivity index (χ1n) is 10.7. The molecule has 30 heavy (non-hydrogen) atoms. The Morgan fingerprint density at radius 3 is 1.93 bits per heavy atom. The molecule has 1 heterocycles. The van der Waals surface area contributed by atoms with Crippen LogP contribution in [0.2, 0.25) is 0 Å². The van der Waals surface area contributed by atoms with E-state index in [0.717, 1.165) is 16.8 Å². The molecule has 0 saturated carbocycles. The SMILES string of the molecule is CC(C)c1cccc(C(C)C)c1NC(=O)C1CCN(S(=O)(=O)c2ccccc2)CC1. The summed E-state index contributed by atoms with van der Waals surface area (Å²) in [6.45, 7) is 9.23. The Hall–Kier alpha value is -2.18. The Bertz CT molecular complexity index is 951. The highest BCUT2D eigenvalue weighted by Crippen LogP contribution is 2.33. The molecule has 0 spiro atoms. The first kappa shape index (κ1) is 22.5. The number of amides is 1. The predicted octanol–water partition coefficient (Wildman–Crippen LogP) is 4.97. The maximum Gasteiger partial charge on any atom is 0.243 e. The fourth-order valence-electron chi connectivity index (χ4n) is 4.02. The number of nitrogens with one attached hydrogen (secondary N) is 1. The molecule has 1 saturated heterocycles. The van der Waals surface area contributed by atoms with E-state index in [1.807, 2.05) is 6.07 Å². The van der Waals surface area contributed by atoms with E-state index < -0.39 is 10.0 Å². The van der Waals surface area contributed by atoms with Gasteiger partial charge < -0.3 is 5.32 Å². The lowest BCUT2D eigenvalue weighted by atomic mass is 9.91. The Morgan fingerprint density at radius 1 is 0.900 bits per heavy atom. The summed E-state index contributed by atoms with van der Waals surface area (Å²) in [7, 11) is -3.50. The van der Waals surface area contributed by atoms with Crippen LogP contribution < -0.4 is 5.32 Å². The average Bonchev–Trinajstić information content (AvgIpc) is 2.74. The number of piperidine rings is 1. The van der Waals surface area contributed by atoms with Crippen molar-refractivity contribution in [2.24, 2.45) is 5.92 Å². The molecule has 1 amide bonds. The smallest absolute Gasteiger partial charge is 0.243 e. The number of rotatable bonds is 6. The van der Waals surface area contributed by atoms with Gasteiger partial charge in [0.05, 0.1) is 4.90 Å². The van der Waals surface area contributed by atoms with Gasteiger partial charge in [0.25, 0.3) is 0 Å². The normalized spacial score (nSPS) is 16.2. The summed E-state index contributed by atoms with van der Waals surface area (Å²) in [5.41, 5.74) is 3.20. The van der Waals surface area contributed by atoms with Crippen LogP contribution in [-0.4, -0.2) is 31.7 Å². The molecule has 0 bridgehead atoms. The summed E-state index contributed by atoms with van der Waals surface area (Å²) < 4.78 is 27.1. The fraction of sp³-hybridized carbons (Fsp3) is 0.458. The van der Waals surface area contributed by atoms with Crippen molar-refractivity contribution in [1.29, 1.82) is 0 Å². The number of benzene rings is 2. The second-order valence-corrected chi connectivity index (χ2v) is 10.5. The molecule has 0 radical (unpaired) electrons. The minimum atomic E-state index is -3.50. The third kappa shape index (κ3) is 4.76. The molecule has 2 aromatic rings. The molecule has 0 aromatic heterocycles. The van der Waals surface area contributed by atoms with Gasteiger partial charge in [-0.3, -0.25) is 4.79 Å². The lowest BCUT2D eigenvalue weighted by Gasteiger charge is -2.31. The number of carbonyl (C=O) groups is 1. The standard InChI is InChI=1S/C24H32N2O3S/c1-17(2)21-11-8-12-22(18(3)4)23(21)25-24(27)19-13-15-26(16-14-19)30(28,29)20-9-6-5-7-10-20/h5-12,17-19H,13-16H2,1-4H3,(H,25,27). The Morgan fingerprint density at radius 2 is 1.43 bits per heavy atom. The molecule has 0 atom stereocenters. The maximum absolute atomic E-state index is 13.1. The van der Waals surface area contributed by atoms with E-state index >= 15 is 0 Å². The molecule has 0 aliphatic carbocycles. The Balaban J connectivity index is 1.71. The van der Waals surface area contributed by atoms with Crippen LogP contribution >= 0.6 is 0 Å². The summed E-state index contributed by atoms with van der Waals surface area (Å²) >= 11 is 0. The summed E-state index contributed by atoms with van der Waals surface area (Å²) in [6, 6.07) is 14.7. The third-order valence-corrected chi connectivity index (χ3v) is 7.74. The summed E-state index contributed by atoms with van der Waals surface area (Å²) in [6.07, 6.45) is 1.05. The van der Waals surface area contributed by atoms with E-state index in [1.54, 1.807) is 30.3 Å². The van der Waals surface area contributed by atoms with Crippen LogP contribution in [0.4, 0.5) is 5.69 Å². The highest BCUT2D eigenvalue weighted by molar-refractivity contribution is 7.89. The zero-order valence-electron chi connectivity index (χ0n) is 18.3. The highest BCUT2D eigenvalue weighted by atomic mass is 32.2. The summed E-state index contributed by atoms with van der Waals surface area (Å²) in [4.78, 5) is 13.4. The van der Waals surface area contributed by atoms with Crippen molar-refractivity contribution in [3.8, 4) is 0 Å². The number of hydrogen-bond acceptors (Lipinski definition) is 3. The van der Waals surface area contributed by atoms with E-state index in [1.165, 1.54) is 4.31 Å². The fourth-order valence-corrected chi connectivity index (χ4v) is 5.51. The van der Waals surface area contributed by atoms with Crippen molar-refractivity contribution >= 4 is 21.6 Å². The molecular weight excluding hydrogens is 396 g/mol. The molecule has 1 aliphatic rings. The van der Waals surface area contributed by atoms with Crippen molar-refractivity contribution in [3.63, 3.8) is 0 Å². The second kappa shape index (κ2) is 9.31. The van der Waals surface area contributed by atoms with E-state index in [-0.39, 0.29) is 11.8 Å². The van der Waals surface area contributed by atoms with Crippen molar-refractivity contribution in [2.45, 2.75) is 57.3 Å². The van der Waals surface area contributed by atoms with Gasteiger partial charge in [-0.05, 0) is 47.9 Å². The minimum Gasteiger partial charge on any atom is -0.325 e. The summed E-state index contributed by atoms with van der Waals surface area (Å²) in [5, 5.41) is 3.19. The van der Waals surface area contributed by atoms with Gasteiger partial charge in [0, 0.05) is 24.7 Å². The highest BCUT2D eigenvalue weighted by Gasteiger charge is 2.32. The van der Waals surface area contributed by atoms with Crippen LogP contribution in [0, 0.1) is 5.92 Å². The van der Waals surface area contributed by atoms with Crippen LogP contribution in [0.25, 0.3) is 0 Å². The van der Waals surface area contributed by atoms with Crippen LogP contribution in [0.3, 0.4) is 0 Å². The van der Waals surface area contributed by atoms with Gasteiger partial charge in [0.2, 0.25) is 15.9 Å². The lowest BCUT2D eigenvalue weighted by molar-refractivity contribution is -0.120. The van der Waals surface area contributed by atoms with Gasteiger partial charge in [0.1, 0.15) is 0 Å². The van der Waals surface area contributed by atoms with Crippen LogP contribution in [0.15, 0.2) is 53.4 Å². The first-order valence-corrected chi connectivity index (χ1v) is 12.1. The largest absolute Gasteiger partial charge is 0.325 e. The monoisotopic (exact) mass is 428 g/mol. The molecular formula is C24H32N2O3S. The quantitative estimate of drug-likeness (QED) is 0.706. The number of sulfonamides is 1. The Labute approximate surface area is 180 Å². The number of hydrogen-bond donors (Lipinski definition) is 1. The second-order valence-electron chi connectivity index (χ2n) is 8.60. The molecule has 0 unspecified atom stereocenters. The van der Waals surface area contributed by atoms with Crippen molar-refractivity contribution in [2.75, 3.05) is 18.4 Å². The van der Waals surface area contributed by atoms with E-state index in [4.69, 9.17) is 0 Å². The minimum absolute atomic E-state index is 0.0123. The number of para-hydroxylation sites is 1. The van der Waals surface area contributed by atoms with Crippen molar-refractivity contribution < 1.29 is 13.2 Å². The summed E-state index contributed by atoms with van der Waals surface area (Å²) in [5.74, 6) is 0.405. The first-order chi connectivity index (χ1) is 14.2. The zero-order chi connectivity index (χ0) is 21.9. The topological polar surface area (TPSA) is 66.5 Å². The molecule has 162 valence electrons. The molecule has 3 rings (SSSR count). The average molecular weight is 429 g/mol. The lowest BCUT2D eigenvalue weighted by Crippen LogP contribution is -2.41. The van der Waals surface area contributed by atoms with Crippen LogP contribution in [-0.2, 0) is 14.8 Å². The number of anilines is 1. The van der Waals surface area contributed by atoms with Gasteiger partial charge in [0.15, 0.2) is 0 Å². The molecule has 1 aliphatic heterocycles. The molecule has 5 nitrogen and oxygen atoms in total. The van der Waals surface area contributed by atoms with Crippen molar-refractivity contribution in [1.82, 2.24) is 4.31 Å². The molecule has 1 fully saturated rings. The van der Waals surface area contributed by atoms with E-state index in [0.29, 0.717) is 42.7 Å². The number of nitrogens with zero attached hydrogens (tertiary/aromatic N) is 1. The van der Waals surface area contributed by atoms with Gasteiger partial charge in [-0.2, -0.15) is 4.31 Å². The van der Waals surface area contributed by atoms with E-state index in [2.05, 4.69) is 45.1 Å². The van der Waals surface area contributed by atoms with E-state index in [9.17, 15) is 13.2 Å². The Kier molecular flexibility index (Phi) is 6.98. The predicted molar refractivity (Wildman–Crippen MR) is 121 cm³/mol.